The topological polar surface area (TPSA) is 91.8 Å². The Labute approximate surface area is 225 Å². The molecule has 2 aliphatic rings. The summed E-state index contributed by atoms with van der Waals surface area (Å²) in [6, 6.07) is 15.7. The van der Waals surface area contributed by atoms with Gasteiger partial charge in [-0.05, 0) is 53.9 Å². The molecule has 1 amide bonds. The van der Waals surface area contributed by atoms with Crippen LogP contribution in [0.3, 0.4) is 0 Å². The van der Waals surface area contributed by atoms with Crippen LogP contribution in [-0.4, -0.2) is 45.9 Å². The van der Waals surface area contributed by atoms with Gasteiger partial charge in [-0.15, -0.1) is 10.2 Å². The quantitative estimate of drug-likeness (QED) is 0.198. The number of hydrogen-bond acceptors (Lipinski definition) is 6. The lowest BCUT2D eigenvalue weighted by Crippen LogP contribution is -2.35. The van der Waals surface area contributed by atoms with Crippen molar-refractivity contribution < 1.29 is 14.7 Å². The van der Waals surface area contributed by atoms with Crippen molar-refractivity contribution >= 4 is 44.6 Å². The number of halogens is 1. The molecule has 1 aliphatic carbocycles. The summed E-state index contributed by atoms with van der Waals surface area (Å²) in [4.78, 5) is 19.8. The van der Waals surface area contributed by atoms with Crippen LogP contribution < -0.4 is 0 Å². The minimum absolute atomic E-state index is 0.00136. The van der Waals surface area contributed by atoms with Crippen LogP contribution in [0.15, 0.2) is 68.4 Å². The fraction of sp³-hybridized carbons (Fsp3) is 0.429. The summed E-state index contributed by atoms with van der Waals surface area (Å²) < 4.78 is 2.72. The number of aromatic hydroxyl groups is 1. The van der Waals surface area contributed by atoms with E-state index in [1.807, 2.05) is 53.1 Å². The van der Waals surface area contributed by atoms with E-state index in [1.54, 1.807) is 0 Å². The molecule has 2 aromatic carbocycles. The van der Waals surface area contributed by atoms with Crippen molar-refractivity contribution in [2.45, 2.75) is 52.7 Å². The number of benzene rings is 2. The predicted octanol–water partition coefficient (Wildman–Crippen LogP) is 6.63. The van der Waals surface area contributed by atoms with Gasteiger partial charge in [0.05, 0.1) is 18.4 Å². The number of aromatic nitrogens is 1. The summed E-state index contributed by atoms with van der Waals surface area (Å²) in [6.07, 6.45) is 5.05. The number of nitrogens with zero attached hydrogens (tertiary/aromatic N) is 5. The lowest BCUT2D eigenvalue weighted by Gasteiger charge is -2.40. The molecule has 0 spiro atoms. The van der Waals surface area contributed by atoms with E-state index in [9.17, 15) is 9.90 Å². The molecule has 2 bridgehead atoms. The van der Waals surface area contributed by atoms with Crippen molar-refractivity contribution in [3.8, 4) is 5.88 Å². The molecule has 37 heavy (non-hydrogen) atoms. The molecule has 1 aliphatic heterocycles. The van der Waals surface area contributed by atoms with Crippen LogP contribution in [0.5, 0.6) is 5.88 Å². The van der Waals surface area contributed by atoms with E-state index < -0.39 is 5.91 Å². The number of likely N-dealkylation sites (tertiary alicyclic amines) is 1. The Balaban J connectivity index is 1.34. The van der Waals surface area contributed by atoms with Gasteiger partial charge in [0.25, 0.3) is 0 Å². The third-order valence-electron chi connectivity index (χ3n) is 7.34. The average Bonchev–Trinajstić information content (AvgIpc) is 3.23. The van der Waals surface area contributed by atoms with Crippen LogP contribution in [-0.2, 0) is 16.3 Å². The van der Waals surface area contributed by atoms with Gasteiger partial charge in [-0.3, -0.25) is 14.3 Å². The Kier molecular flexibility index (Phi) is 6.93. The van der Waals surface area contributed by atoms with E-state index in [4.69, 9.17) is 4.84 Å². The predicted molar refractivity (Wildman–Crippen MR) is 147 cm³/mol. The minimum Gasteiger partial charge on any atom is -0.493 e. The molecule has 194 valence electrons. The van der Waals surface area contributed by atoms with Crippen LogP contribution in [0, 0.1) is 10.8 Å². The highest BCUT2D eigenvalue weighted by Gasteiger charge is 2.49. The zero-order valence-electron chi connectivity index (χ0n) is 21.4. The maximum Gasteiger partial charge on any atom is 0.304 e. The van der Waals surface area contributed by atoms with Gasteiger partial charge in [0, 0.05) is 22.4 Å². The maximum atomic E-state index is 12.3. The first-order valence-electron chi connectivity index (χ1n) is 12.5. The van der Waals surface area contributed by atoms with Crippen molar-refractivity contribution in [1.82, 2.24) is 9.47 Å². The normalized spacial score (nSPS) is 23.4. The Bertz CT molecular complexity index is 1370. The molecule has 1 saturated carbocycles. The van der Waals surface area contributed by atoms with Gasteiger partial charge in [-0.2, -0.15) is 0 Å². The molecule has 1 saturated heterocycles. The van der Waals surface area contributed by atoms with Crippen LogP contribution in [0.2, 0.25) is 0 Å². The number of hydrogen-bond donors (Lipinski definition) is 1. The van der Waals surface area contributed by atoms with Crippen molar-refractivity contribution in [1.29, 1.82) is 0 Å². The van der Waals surface area contributed by atoms with Gasteiger partial charge < -0.3 is 9.94 Å². The second kappa shape index (κ2) is 10.0. The van der Waals surface area contributed by atoms with E-state index in [0.29, 0.717) is 18.1 Å². The highest BCUT2D eigenvalue weighted by molar-refractivity contribution is 9.10. The first-order valence-corrected chi connectivity index (χ1v) is 13.3. The number of azo groups is 1. The first-order chi connectivity index (χ1) is 17.6. The molecule has 8 nitrogen and oxygen atoms in total. The molecule has 2 fully saturated rings. The van der Waals surface area contributed by atoms with Crippen molar-refractivity contribution in [3.05, 3.63) is 58.6 Å². The first kappa shape index (κ1) is 25.6. The van der Waals surface area contributed by atoms with E-state index in [0.717, 1.165) is 33.9 Å². The molecule has 5 rings (SSSR count). The summed E-state index contributed by atoms with van der Waals surface area (Å²) in [5.74, 6) is -0.595. The molecule has 0 radical (unpaired) electrons. The van der Waals surface area contributed by atoms with Crippen molar-refractivity contribution in [2.75, 3.05) is 13.2 Å². The van der Waals surface area contributed by atoms with Gasteiger partial charge in [-0.1, -0.05) is 72.2 Å². The summed E-state index contributed by atoms with van der Waals surface area (Å²) in [7, 11) is 0. The van der Waals surface area contributed by atoms with Crippen LogP contribution >= 0.6 is 15.9 Å². The van der Waals surface area contributed by atoms with E-state index in [-0.39, 0.29) is 23.6 Å². The minimum atomic E-state index is -0.594. The number of carbonyl (C=O) groups is 1. The van der Waals surface area contributed by atoms with Gasteiger partial charge in [-0.25, -0.2) is 0 Å². The number of rotatable bonds is 7. The summed E-state index contributed by atoms with van der Waals surface area (Å²) in [5.41, 5.74) is 2.57. The van der Waals surface area contributed by atoms with E-state index >= 15 is 0 Å². The number of amides is 1. The maximum absolute atomic E-state index is 12.3. The molecular weight excluding hydrogens is 534 g/mol. The molecule has 2 atom stereocenters. The standard InChI is InChI=1S/C28H32BrN5O3/c1-27(2)12-21-13-28(3,16-27)17-33(21)18-34-23-10-9-20(29)11-22(23)25(26(34)36)32-31-24(35)15-37-30-14-19-7-5-4-6-8-19/h4-11,14,21,36H,12-13,15-18H2,1-3H3/b30-14-,32-31?/t21-,28+/m1/s1. The van der Waals surface area contributed by atoms with Gasteiger partial charge in [0.1, 0.15) is 0 Å². The Morgan fingerprint density at radius 3 is 2.76 bits per heavy atom. The van der Waals surface area contributed by atoms with E-state index in [1.165, 1.54) is 19.1 Å². The van der Waals surface area contributed by atoms with Crippen LogP contribution in [0.25, 0.3) is 10.9 Å². The Morgan fingerprint density at radius 2 is 1.97 bits per heavy atom. The van der Waals surface area contributed by atoms with Crippen molar-refractivity contribution in [2.24, 2.45) is 26.2 Å². The molecule has 1 N–H and O–H groups in total. The molecule has 9 heteroatoms. The highest BCUT2D eigenvalue weighted by atomic mass is 79.9. The third-order valence-corrected chi connectivity index (χ3v) is 7.84. The number of oxime groups is 1. The average molecular weight is 567 g/mol. The number of fused-ring (bicyclic) bond motifs is 3. The summed E-state index contributed by atoms with van der Waals surface area (Å²) >= 11 is 3.51. The van der Waals surface area contributed by atoms with Crippen LogP contribution in [0.1, 0.15) is 45.6 Å². The van der Waals surface area contributed by atoms with Gasteiger partial charge >= 0.3 is 5.91 Å². The van der Waals surface area contributed by atoms with E-state index in [2.05, 4.69) is 57.0 Å². The highest BCUT2D eigenvalue weighted by Crippen LogP contribution is 2.53. The summed E-state index contributed by atoms with van der Waals surface area (Å²) in [6.45, 7) is 8.29. The molecule has 0 unspecified atom stereocenters. The Hall–Kier alpha value is -3.04. The zero-order chi connectivity index (χ0) is 26.2. The largest absolute Gasteiger partial charge is 0.493 e. The smallest absolute Gasteiger partial charge is 0.304 e. The fourth-order valence-corrected chi connectivity index (χ4v) is 6.69. The molecule has 1 aromatic heterocycles. The van der Waals surface area contributed by atoms with Crippen molar-refractivity contribution in [3.63, 3.8) is 0 Å². The van der Waals surface area contributed by atoms with Gasteiger partial charge in [0.15, 0.2) is 12.3 Å². The molecule has 2 heterocycles. The van der Waals surface area contributed by atoms with Crippen LogP contribution in [0.4, 0.5) is 5.69 Å². The lowest BCUT2D eigenvalue weighted by molar-refractivity contribution is -0.122. The fourth-order valence-electron chi connectivity index (χ4n) is 6.33. The Morgan fingerprint density at radius 1 is 1.19 bits per heavy atom. The third kappa shape index (κ3) is 5.62. The monoisotopic (exact) mass is 565 g/mol. The SMILES string of the molecule is CC1(C)C[C@@H]2C[C@](C)(CN2Cn2c(O)c(N=NC(=O)CO/N=C\c3ccccc3)c3cc(Br)ccc32)C1. The second-order valence-electron chi connectivity index (χ2n) is 11.4. The molecular formula is C28H32BrN5O3. The number of carbonyl (C=O) groups excluding carboxylic acids is 1. The molecule has 3 aromatic rings. The zero-order valence-corrected chi connectivity index (χ0v) is 23.0. The second-order valence-corrected chi connectivity index (χ2v) is 12.3. The van der Waals surface area contributed by atoms with Gasteiger partial charge in [0.2, 0.25) is 5.88 Å². The lowest BCUT2D eigenvalue weighted by atomic mass is 9.65. The summed E-state index contributed by atoms with van der Waals surface area (Å²) in [5, 5.41) is 23.7.